The molecule has 6 aromatic rings. The van der Waals surface area contributed by atoms with Crippen LogP contribution >= 0.6 is 0 Å². The summed E-state index contributed by atoms with van der Waals surface area (Å²) in [6.07, 6.45) is 1.60. The van der Waals surface area contributed by atoms with Gasteiger partial charge in [-0.1, -0.05) is 48.5 Å². The predicted octanol–water partition coefficient (Wildman–Crippen LogP) is 5.70. The van der Waals surface area contributed by atoms with Crippen LogP contribution in [0.15, 0.2) is 89.0 Å². The van der Waals surface area contributed by atoms with Gasteiger partial charge in [0, 0.05) is 27.9 Å². The van der Waals surface area contributed by atoms with Crippen molar-refractivity contribution in [2.24, 2.45) is 9.98 Å². The number of hydrogen-bond donors (Lipinski definition) is 5. The van der Waals surface area contributed by atoms with Gasteiger partial charge in [-0.2, -0.15) is 0 Å². The molecule has 9 heteroatoms. The molecule has 0 bridgehead atoms. The Morgan fingerprint density at radius 2 is 1.31 bits per heavy atom. The van der Waals surface area contributed by atoms with Crippen LogP contribution in [-0.4, -0.2) is 47.5 Å². The molecule has 0 saturated carbocycles. The average molecular weight is 519 g/mol. The van der Waals surface area contributed by atoms with E-state index in [4.69, 9.17) is 4.99 Å². The van der Waals surface area contributed by atoms with Crippen molar-refractivity contribution in [1.82, 2.24) is 9.55 Å². The molecule has 192 valence electrons. The highest BCUT2D eigenvalue weighted by Crippen LogP contribution is 2.52. The smallest absolute Gasteiger partial charge is 0.208 e. The third kappa shape index (κ3) is 3.59. The summed E-state index contributed by atoms with van der Waals surface area (Å²) in [6.45, 7) is 3.72. The van der Waals surface area contributed by atoms with E-state index < -0.39 is 28.7 Å². The van der Waals surface area contributed by atoms with E-state index >= 15 is 0 Å². The van der Waals surface area contributed by atoms with E-state index in [-0.39, 0.29) is 17.9 Å². The van der Waals surface area contributed by atoms with Crippen LogP contribution in [-0.2, 0) is 6.67 Å². The summed E-state index contributed by atoms with van der Waals surface area (Å²) in [4.78, 5) is 13.4. The summed E-state index contributed by atoms with van der Waals surface area (Å²) in [5.41, 5.74) is 2.58. The minimum atomic E-state index is -1.06. The fourth-order valence-electron chi connectivity index (χ4n) is 4.99. The lowest BCUT2D eigenvalue weighted by molar-refractivity contribution is 0.327. The third-order valence-corrected chi connectivity index (χ3v) is 6.82. The van der Waals surface area contributed by atoms with Crippen LogP contribution < -0.4 is 0 Å². The second-order valence-electron chi connectivity index (χ2n) is 8.92. The van der Waals surface area contributed by atoms with Gasteiger partial charge in [-0.15, -0.1) is 0 Å². The average Bonchev–Trinajstić information content (AvgIpc) is 3.29. The van der Waals surface area contributed by atoms with Gasteiger partial charge in [0.2, 0.25) is 17.2 Å². The minimum absolute atomic E-state index is 0.00702. The number of pyridine rings is 1. The van der Waals surface area contributed by atoms with E-state index in [0.29, 0.717) is 16.8 Å². The zero-order valence-corrected chi connectivity index (χ0v) is 20.4. The molecule has 0 amide bonds. The number of aromatic nitrogens is 2. The Bertz CT molecular complexity index is 1890. The molecule has 0 aliphatic carbocycles. The van der Waals surface area contributed by atoms with Crippen molar-refractivity contribution in [3.8, 4) is 28.7 Å². The standard InChI is InChI=1S/C30H22N4O5/c1-31-25-19(13-12-16-7-6-14-32-23(16)25)24(22-26(35)28(37)30(39)29(38)27(22)36)33-15-34-20-10-4-2-8-17(20)18-9-3-5-11-21(18)34/h2-14,35-39H,1,15H2. The van der Waals surface area contributed by atoms with Crippen molar-refractivity contribution < 1.29 is 25.5 Å². The first-order chi connectivity index (χ1) is 18.9. The van der Waals surface area contributed by atoms with Gasteiger partial charge in [0.25, 0.3) is 0 Å². The van der Waals surface area contributed by atoms with Gasteiger partial charge >= 0.3 is 0 Å². The highest BCUT2D eigenvalue weighted by atomic mass is 16.4. The fourth-order valence-corrected chi connectivity index (χ4v) is 4.99. The molecular formula is C30H22N4O5. The SMILES string of the molecule is C=Nc1c(C(=NCn2c3ccccc3c3ccccc32)c2c(O)c(O)c(O)c(O)c2O)ccc2cccnc12. The summed E-state index contributed by atoms with van der Waals surface area (Å²) in [5, 5.41) is 55.2. The lowest BCUT2D eigenvalue weighted by Gasteiger charge is -2.17. The molecule has 0 saturated heterocycles. The predicted molar refractivity (Wildman–Crippen MR) is 151 cm³/mol. The van der Waals surface area contributed by atoms with E-state index in [0.717, 1.165) is 27.2 Å². The van der Waals surface area contributed by atoms with Crippen molar-refractivity contribution >= 4 is 50.8 Å². The first-order valence-corrected chi connectivity index (χ1v) is 12.0. The van der Waals surface area contributed by atoms with E-state index in [2.05, 4.69) is 16.7 Å². The number of nitrogens with zero attached hydrogens (tertiary/aromatic N) is 4. The number of phenols is 5. The van der Waals surface area contributed by atoms with Crippen molar-refractivity contribution in [1.29, 1.82) is 0 Å². The third-order valence-electron chi connectivity index (χ3n) is 6.82. The van der Waals surface area contributed by atoms with Gasteiger partial charge in [-0.3, -0.25) is 15.0 Å². The van der Waals surface area contributed by atoms with Gasteiger partial charge < -0.3 is 30.1 Å². The zero-order valence-electron chi connectivity index (χ0n) is 20.4. The largest absolute Gasteiger partial charge is 0.504 e. The number of phenolic OH excluding ortho intramolecular Hbond substituents is 5. The first kappa shape index (κ1) is 23.8. The maximum absolute atomic E-state index is 10.9. The monoisotopic (exact) mass is 518 g/mol. The van der Waals surface area contributed by atoms with Gasteiger partial charge in [-0.25, -0.2) is 0 Å². The van der Waals surface area contributed by atoms with Gasteiger partial charge in [0.15, 0.2) is 11.5 Å². The van der Waals surface area contributed by atoms with E-state index in [9.17, 15) is 25.5 Å². The van der Waals surface area contributed by atoms with E-state index in [1.807, 2.05) is 59.2 Å². The van der Waals surface area contributed by atoms with E-state index in [1.54, 1.807) is 24.4 Å². The number of aromatic hydroxyl groups is 5. The number of rotatable bonds is 5. The van der Waals surface area contributed by atoms with Crippen LogP contribution in [0.25, 0.3) is 32.7 Å². The Kier molecular flexibility index (Phi) is 5.54. The molecule has 0 radical (unpaired) electrons. The molecule has 9 nitrogen and oxygen atoms in total. The van der Waals surface area contributed by atoms with Crippen LogP contribution in [0.1, 0.15) is 11.1 Å². The van der Waals surface area contributed by atoms with Crippen molar-refractivity contribution in [2.75, 3.05) is 0 Å². The number of benzene rings is 4. The second-order valence-corrected chi connectivity index (χ2v) is 8.92. The number of hydrogen-bond acceptors (Lipinski definition) is 8. The number of aliphatic imine (C=N–C) groups is 2. The molecule has 5 N–H and O–H groups in total. The molecule has 6 rings (SSSR count). The lowest BCUT2D eigenvalue weighted by atomic mass is 9.96. The Hall–Kier alpha value is -5.57. The highest BCUT2D eigenvalue weighted by molar-refractivity contribution is 6.21. The van der Waals surface area contributed by atoms with Crippen molar-refractivity contribution in [2.45, 2.75) is 6.67 Å². The van der Waals surface area contributed by atoms with E-state index in [1.165, 1.54) is 0 Å². The Morgan fingerprint density at radius 3 is 1.92 bits per heavy atom. The Labute approximate surface area is 221 Å². The molecule has 39 heavy (non-hydrogen) atoms. The molecule has 0 spiro atoms. The van der Waals surface area contributed by atoms with Crippen molar-refractivity contribution in [3.63, 3.8) is 0 Å². The van der Waals surface area contributed by atoms with Crippen molar-refractivity contribution in [3.05, 3.63) is 90.1 Å². The summed E-state index contributed by atoms with van der Waals surface area (Å²) in [7, 11) is 0. The molecule has 0 unspecified atom stereocenters. The quantitative estimate of drug-likeness (QED) is 0.113. The molecule has 0 atom stereocenters. The van der Waals surface area contributed by atoms with Crippen LogP contribution in [0.5, 0.6) is 28.7 Å². The second kappa shape index (κ2) is 9.07. The van der Waals surface area contributed by atoms with Gasteiger partial charge in [0.1, 0.15) is 6.67 Å². The summed E-state index contributed by atoms with van der Waals surface area (Å²) < 4.78 is 1.97. The minimum Gasteiger partial charge on any atom is -0.504 e. The normalized spacial score (nSPS) is 11.9. The maximum atomic E-state index is 10.9. The summed E-state index contributed by atoms with van der Waals surface area (Å²) in [5.74, 6) is -4.79. The summed E-state index contributed by atoms with van der Waals surface area (Å²) in [6, 6.07) is 22.8. The van der Waals surface area contributed by atoms with Crippen LogP contribution in [0.4, 0.5) is 5.69 Å². The van der Waals surface area contributed by atoms with Crippen LogP contribution in [0.3, 0.4) is 0 Å². The number of fused-ring (bicyclic) bond motifs is 4. The van der Waals surface area contributed by atoms with Crippen LogP contribution in [0, 0.1) is 0 Å². The molecule has 2 aromatic heterocycles. The molecule has 0 aliphatic heterocycles. The molecule has 2 heterocycles. The molecular weight excluding hydrogens is 496 g/mol. The fraction of sp³-hybridized carbons (Fsp3) is 0.0333. The molecule has 0 fully saturated rings. The Balaban J connectivity index is 1.67. The highest BCUT2D eigenvalue weighted by Gasteiger charge is 2.29. The first-order valence-electron chi connectivity index (χ1n) is 12.0. The number of para-hydroxylation sites is 2. The van der Waals surface area contributed by atoms with Gasteiger partial charge in [-0.05, 0) is 31.0 Å². The molecule has 0 aliphatic rings. The Morgan fingerprint density at radius 1 is 0.718 bits per heavy atom. The maximum Gasteiger partial charge on any atom is 0.208 e. The molecule has 4 aromatic carbocycles. The van der Waals surface area contributed by atoms with Gasteiger partial charge in [0.05, 0.1) is 33.5 Å². The van der Waals surface area contributed by atoms with Crippen LogP contribution in [0.2, 0.25) is 0 Å². The lowest BCUT2D eigenvalue weighted by Crippen LogP contribution is -2.08. The topological polar surface area (TPSA) is 144 Å². The summed E-state index contributed by atoms with van der Waals surface area (Å²) >= 11 is 0. The zero-order chi connectivity index (χ0) is 27.3.